The largest absolute Gasteiger partial charge is 0.457 e. The first-order valence-electron chi connectivity index (χ1n) is 8.38. The summed E-state index contributed by atoms with van der Waals surface area (Å²) in [5, 5.41) is 0.721. The monoisotopic (exact) mass is 331 g/mol. The van der Waals surface area contributed by atoms with Crippen LogP contribution in [0.15, 0.2) is 48.5 Å². The van der Waals surface area contributed by atoms with E-state index in [4.69, 9.17) is 16.3 Å². The summed E-state index contributed by atoms with van der Waals surface area (Å²) in [5.41, 5.74) is 1.26. The number of benzene rings is 2. The van der Waals surface area contributed by atoms with Crippen molar-refractivity contribution in [3.8, 4) is 11.5 Å². The first-order valence-corrected chi connectivity index (χ1v) is 8.76. The molecule has 3 heteroatoms. The van der Waals surface area contributed by atoms with Gasteiger partial charge in [-0.1, -0.05) is 50.6 Å². The lowest BCUT2D eigenvalue weighted by Crippen LogP contribution is -2.25. The third-order valence-corrected chi connectivity index (χ3v) is 4.52. The van der Waals surface area contributed by atoms with Gasteiger partial charge in [-0.25, -0.2) is 0 Å². The quantitative estimate of drug-likeness (QED) is 0.591. The third-order valence-electron chi connectivity index (χ3n) is 4.26. The molecule has 0 aliphatic carbocycles. The van der Waals surface area contributed by atoms with Crippen LogP contribution in [0.4, 0.5) is 0 Å². The molecule has 0 saturated heterocycles. The SMILES string of the molecule is CCN(CC)CCC(C)c1ccccc1Oc1ccc(Cl)cc1. The van der Waals surface area contributed by atoms with Gasteiger partial charge >= 0.3 is 0 Å². The zero-order valence-electron chi connectivity index (χ0n) is 14.3. The Balaban J connectivity index is 2.08. The van der Waals surface area contributed by atoms with Gasteiger partial charge in [0.15, 0.2) is 0 Å². The number of hydrogen-bond donors (Lipinski definition) is 0. The van der Waals surface area contributed by atoms with Gasteiger partial charge in [0.05, 0.1) is 0 Å². The minimum absolute atomic E-state index is 0.458. The molecule has 0 N–H and O–H groups in total. The second-order valence-corrected chi connectivity index (χ2v) is 6.25. The van der Waals surface area contributed by atoms with E-state index in [0.717, 1.165) is 42.6 Å². The molecule has 2 aromatic rings. The number of hydrogen-bond acceptors (Lipinski definition) is 2. The van der Waals surface area contributed by atoms with E-state index in [9.17, 15) is 0 Å². The second-order valence-electron chi connectivity index (χ2n) is 5.81. The topological polar surface area (TPSA) is 12.5 Å². The summed E-state index contributed by atoms with van der Waals surface area (Å²) >= 11 is 5.93. The Morgan fingerprint density at radius 2 is 1.65 bits per heavy atom. The van der Waals surface area contributed by atoms with Gasteiger partial charge in [-0.2, -0.15) is 0 Å². The average Bonchev–Trinajstić information content (AvgIpc) is 2.58. The lowest BCUT2D eigenvalue weighted by Gasteiger charge is -2.22. The maximum Gasteiger partial charge on any atom is 0.130 e. The zero-order valence-corrected chi connectivity index (χ0v) is 15.0. The molecule has 23 heavy (non-hydrogen) atoms. The first kappa shape index (κ1) is 17.8. The van der Waals surface area contributed by atoms with Crippen LogP contribution in [0.25, 0.3) is 0 Å². The minimum Gasteiger partial charge on any atom is -0.457 e. The molecule has 0 fully saturated rings. The number of nitrogens with zero attached hydrogens (tertiary/aromatic N) is 1. The Morgan fingerprint density at radius 1 is 1.00 bits per heavy atom. The first-order chi connectivity index (χ1) is 11.1. The van der Waals surface area contributed by atoms with Gasteiger partial charge in [0, 0.05) is 5.02 Å². The van der Waals surface area contributed by atoms with E-state index in [1.807, 2.05) is 36.4 Å². The molecule has 1 atom stereocenters. The maximum atomic E-state index is 6.07. The van der Waals surface area contributed by atoms with Crippen molar-refractivity contribution in [2.75, 3.05) is 19.6 Å². The molecule has 0 bridgehead atoms. The highest BCUT2D eigenvalue weighted by Gasteiger charge is 2.13. The molecular weight excluding hydrogens is 306 g/mol. The molecule has 2 rings (SSSR count). The minimum atomic E-state index is 0.458. The van der Waals surface area contributed by atoms with Crippen LogP contribution in [0.1, 0.15) is 38.7 Å². The van der Waals surface area contributed by atoms with Crippen LogP contribution >= 0.6 is 11.6 Å². The number of ether oxygens (including phenoxy) is 1. The molecule has 0 aromatic heterocycles. The number of halogens is 1. The van der Waals surface area contributed by atoms with Gasteiger partial charge in [-0.3, -0.25) is 0 Å². The van der Waals surface area contributed by atoms with E-state index in [0.29, 0.717) is 5.92 Å². The molecule has 0 amide bonds. The fourth-order valence-corrected chi connectivity index (χ4v) is 2.81. The molecule has 124 valence electrons. The molecule has 0 aliphatic rings. The number of para-hydroxylation sites is 1. The Morgan fingerprint density at radius 3 is 2.30 bits per heavy atom. The van der Waals surface area contributed by atoms with E-state index in [2.05, 4.69) is 37.8 Å². The van der Waals surface area contributed by atoms with Crippen LogP contribution in [0.3, 0.4) is 0 Å². The Labute approximate surface area is 145 Å². The lowest BCUT2D eigenvalue weighted by molar-refractivity contribution is 0.291. The normalized spacial score (nSPS) is 12.4. The summed E-state index contributed by atoms with van der Waals surface area (Å²) in [5.74, 6) is 2.21. The predicted octanol–water partition coefficient (Wildman–Crippen LogP) is 5.97. The Hall–Kier alpha value is -1.51. The molecule has 0 spiro atoms. The Kier molecular flexibility index (Phi) is 6.94. The summed E-state index contributed by atoms with van der Waals surface area (Å²) in [6.07, 6.45) is 1.13. The van der Waals surface area contributed by atoms with Crippen LogP contribution in [-0.2, 0) is 0 Å². The molecular formula is C20H26ClNO. The maximum absolute atomic E-state index is 6.07. The van der Waals surface area contributed by atoms with Crippen molar-refractivity contribution in [3.63, 3.8) is 0 Å². The molecule has 0 saturated carbocycles. The van der Waals surface area contributed by atoms with Crippen LogP contribution < -0.4 is 4.74 Å². The lowest BCUT2D eigenvalue weighted by atomic mass is 9.96. The van der Waals surface area contributed by atoms with Crippen molar-refractivity contribution in [3.05, 3.63) is 59.1 Å². The summed E-state index contributed by atoms with van der Waals surface area (Å²) in [6, 6.07) is 15.8. The molecule has 0 radical (unpaired) electrons. The third kappa shape index (κ3) is 5.26. The van der Waals surface area contributed by atoms with E-state index < -0.39 is 0 Å². The predicted molar refractivity (Wildman–Crippen MR) is 98.8 cm³/mol. The second kappa shape index (κ2) is 8.95. The standard InChI is InChI=1S/C20H26ClNO/c1-4-22(5-2)15-14-16(3)19-8-6-7-9-20(19)23-18-12-10-17(21)11-13-18/h6-13,16H,4-5,14-15H2,1-3H3. The summed E-state index contributed by atoms with van der Waals surface area (Å²) in [4.78, 5) is 2.46. The summed E-state index contributed by atoms with van der Waals surface area (Å²) in [6.45, 7) is 10.0. The molecule has 0 heterocycles. The summed E-state index contributed by atoms with van der Waals surface area (Å²) < 4.78 is 6.07. The van der Waals surface area contributed by atoms with Crippen molar-refractivity contribution in [2.24, 2.45) is 0 Å². The molecule has 0 aliphatic heterocycles. The zero-order chi connectivity index (χ0) is 16.7. The number of rotatable bonds is 8. The van der Waals surface area contributed by atoms with Crippen LogP contribution in [0.5, 0.6) is 11.5 Å². The molecule has 1 unspecified atom stereocenters. The van der Waals surface area contributed by atoms with Gasteiger partial charge in [0.25, 0.3) is 0 Å². The van der Waals surface area contributed by atoms with Crippen molar-refractivity contribution in [1.29, 1.82) is 0 Å². The van der Waals surface area contributed by atoms with E-state index in [1.54, 1.807) is 0 Å². The average molecular weight is 332 g/mol. The van der Waals surface area contributed by atoms with Crippen LogP contribution in [-0.4, -0.2) is 24.5 Å². The van der Waals surface area contributed by atoms with Gasteiger partial charge < -0.3 is 9.64 Å². The highest BCUT2D eigenvalue weighted by Crippen LogP contribution is 2.32. The highest BCUT2D eigenvalue weighted by molar-refractivity contribution is 6.30. The van der Waals surface area contributed by atoms with Gasteiger partial charge in [0.2, 0.25) is 0 Å². The van der Waals surface area contributed by atoms with Crippen molar-refractivity contribution in [2.45, 2.75) is 33.1 Å². The van der Waals surface area contributed by atoms with E-state index in [-0.39, 0.29) is 0 Å². The Bertz CT molecular complexity index is 593. The smallest absolute Gasteiger partial charge is 0.130 e. The fourth-order valence-electron chi connectivity index (χ4n) is 2.68. The van der Waals surface area contributed by atoms with Crippen molar-refractivity contribution < 1.29 is 4.74 Å². The van der Waals surface area contributed by atoms with Crippen LogP contribution in [0, 0.1) is 0 Å². The van der Waals surface area contributed by atoms with Gasteiger partial charge in [-0.05, 0) is 67.9 Å². The summed E-state index contributed by atoms with van der Waals surface area (Å²) in [7, 11) is 0. The highest BCUT2D eigenvalue weighted by atomic mass is 35.5. The van der Waals surface area contributed by atoms with Crippen LogP contribution in [0.2, 0.25) is 5.02 Å². The van der Waals surface area contributed by atoms with E-state index >= 15 is 0 Å². The van der Waals surface area contributed by atoms with Gasteiger partial charge in [0.1, 0.15) is 11.5 Å². The molecule has 2 nitrogen and oxygen atoms in total. The fraction of sp³-hybridized carbons (Fsp3) is 0.400. The van der Waals surface area contributed by atoms with Crippen molar-refractivity contribution in [1.82, 2.24) is 4.90 Å². The molecule has 2 aromatic carbocycles. The van der Waals surface area contributed by atoms with Crippen molar-refractivity contribution >= 4 is 11.6 Å². The van der Waals surface area contributed by atoms with Gasteiger partial charge in [-0.15, -0.1) is 0 Å². The van der Waals surface area contributed by atoms with E-state index in [1.165, 1.54) is 5.56 Å².